The van der Waals surface area contributed by atoms with Crippen LogP contribution in [0.25, 0.3) is 0 Å². The van der Waals surface area contributed by atoms with Gasteiger partial charge in [0.15, 0.2) is 6.61 Å². The first-order valence-corrected chi connectivity index (χ1v) is 9.81. The van der Waals surface area contributed by atoms with Gasteiger partial charge >= 0.3 is 5.69 Å². The molecule has 0 spiro atoms. The lowest BCUT2D eigenvalue weighted by Gasteiger charge is -2.09. The minimum atomic E-state index is -0.768. The van der Waals surface area contributed by atoms with E-state index in [-0.39, 0.29) is 22.1 Å². The van der Waals surface area contributed by atoms with Crippen LogP contribution in [0.5, 0.6) is 5.75 Å². The molecule has 3 rings (SSSR count). The number of ether oxygens (including phenoxy) is 1. The average molecular weight is 488 g/mol. The number of amides is 1. The van der Waals surface area contributed by atoms with Gasteiger partial charge in [0, 0.05) is 6.07 Å². The second kappa shape index (κ2) is 10.8. The highest BCUT2D eigenvalue weighted by atomic mass is 35.5. The Balaban J connectivity index is 1.61. The minimum Gasteiger partial charge on any atom is -0.482 e. The number of hydrogen-bond donors (Lipinski definition) is 2. The van der Waals surface area contributed by atoms with Gasteiger partial charge in [-0.1, -0.05) is 23.7 Å². The third-order valence-electron chi connectivity index (χ3n) is 4.25. The summed E-state index contributed by atoms with van der Waals surface area (Å²) in [5, 5.41) is 28.4. The predicted octanol–water partition coefficient (Wildman–Crippen LogP) is 4.76. The molecule has 0 fully saturated rings. The van der Waals surface area contributed by atoms with Crippen molar-refractivity contribution in [1.82, 2.24) is 0 Å². The quantitative estimate of drug-likeness (QED) is 0.251. The summed E-state index contributed by atoms with van der Waals surface area (Å²) in [6.45, 7) is -0.410. The van der Waals surface area contributed by atoms with Crippen LogP contribution in [0.15, 0.2) is 65.8 Å². The van der Waals surface area contributed by atoms with E-state index in [1.807, 2.05) is 0 Å². The summed E-state index contributed by atoms with van der Waals surface area (Å²) >= 11 is 6.16. The molecule has 0 saturated carbocycles. The van der Waals surface area contributed by atoms with Gasteiger partial charge in [-0.25, -0.2) is 4.39 Å². The number of hydrazone groups is 1. The van der Waals surface area contributed by atoms with Crippen molar-refractivity contribution in [2.45, 2.75) is 0 Å². The summed E-state index contributed by atoms with van der Waals surface area (Å²) < 4.78 is 18.9. The van der Waals surface area contributed by atoms with Gasteiger partial charge in [-0.2, -0.15) is 5.10 Å². The molecule has 3 aromatic rings. The van der Waals surface area contributed by atoms with Crippen LogP contribution in [0.4, 0.5) is 27.1 Å². The molecule has 0 heterocycles. The van der Waals surface area contributed by atoms with E-state index in [0.717, 1.165) is 12.1 Å². The number of nitrogens with one attached hydrogen (secondary N) is 2. The van der Waals surface area contributed by atoms with Crippen LogP contribution in [-0.4, -0.2) is 28.6 Å². The average Bonchev–Trinajstić information content (AvgIpc) is 2.80. The topological polar surface area (TPSA) is 149 Å². The van der Waals surface area contributed by atoms with Crippen LogP contribution in [-0.2, 0) is 4.79 Å². The standard InChI is InChI=1S/C21H15ClFN5O6/c22-15-9-13(11-24-26-18-7-6-14(27(30)31)10-19(18)28(32)33)5-8-20(15)34-12-21(29)25-17-4-2-1-3-16(17)23/h1-11,26H,12H2,(H,25,29)/b24-11-. The summed E-state index contributed by atoms with van der Waals surface area (Å²) in [6.07, 6.45) is 1.31. The summed E-state index contributed by atoms with van der Waals surface area (Å²) in [6, 6.07) is 13.3. The molecule has 0 unspecified atom stereocenters. The van der Waals surface area contributed by atoms with Gasteiger partial charge in [0.2, 0.25) is 0 Å². The Morgan fingerprint density at radius 1 is 1.06 bits per heavy atom. The predicted molar refractivity (Wildman–Crippen MR) is 123 cm³/mol. The molecular weight excluding hydrogens is 473 g/mol. The molecule has 1 amide bonds. The smallest absolute Gasteiger partial charge is 0.301 e. The molecule has 0 atom stereocenters. The highest BCUT2D eigenvalue weighted by Gasteiger charge is 2.19. The molecule has 0 bridgehead atoms. The summed E-state index contributed by atoms with van der Waals surface area (Å²) in [5.74, 6) is -0.965. The number of rotatable bonds is 9. The van der Waals surface area contributed by atoms with Crippen molar-refractivity contribution in [2.24, 2.45) is 5.10 Å². The van der Waals surface area contributed by atoms with Gasteiger partial charge in [0.25, 0.3) is 11.6 Å². The van der Waals surface area contributed by atoms with Crippen molar-refractivity contribution in [1.29, 1.82) is 0 Å². The monoisotopic (exact) mass is 487 g/mol. The number of non-ortho nitro benzene ring substituents is 1. The number of anilines is 2. The molecule has 11 nitrogen and oxygen atoms in total. The van der Waals surface area contributed by atoms with E-state index >= 15 is 0 Å². The number of carbonyl (C=O) groups is 1. The zero-order valence-electron chi connectivity index (χ0n) is 17.1. The fourth-order valence-corrected chi connectivity index (χ4v) is 2.91. The van der Waals surface area contributed by atoms with Crippen molar-refractivity contribution in [2.75, 3.05) is 17.3 Å². The van der Waals surface area contributed by atoms with Crippen molar-refractivity contribution in [3.05, 3.63) is 97.3 Å². The summed E-state index contributed by atoms with van der Waals surface area (Å²) in [7, 11) is 0. The van der Waals surface area contributed by atoms with Gasteiger partial charge < -0.3 is 10.1 Å². The number of nitrogens with zero attached hydrogens (tertiary/aromatic N) is 3. The van der Waals surface area contributed by atoms with Crippen LogP contribution in [0, 0.1) is 26.0 Å². The van der Waals surface area contributed by atoms with Gasteiger partial charge in [-0.15, -0.1) is 0 Å². The van der Waals surface area contributed by atoms with E-state index in [1.165, 1.54) is 42.6 Å². The number of nitro benzene ring substituents is 2. The van der Waals surface area contributed by atoms with Crippen LogP contribution >= 0.6 is 11.6 Å². The maximum absolute atomic E-state index is 13.6. The summed E-state index contributed by atoms with van der Waals surface area (Å²) in [5.41, 5.74) is 1.99. The van der Waals surface area contributed by atoms with E-state index in [4.69, 9.17) is 16.3 Å². The second-order valence-electron chi connectivity index (χ2n) is 6.59. The summed E-state index contributed by atoms with van der Waals surface area (Å²) in [4.78, 5) is 32.4. The molecule has 34 heavy (non-hydrogen) atoms. The van der Waals surface area contributed by atoms with E-state index in [1.54, 1.807) is 12.1 Å². The lowest BCUT2D eigenvalue weighted by molar-refractivity contribution is -0.393. The van der Waals surface area contributed by atoms with Gasteiger partial charge in [0.05, 0.1) is 32.8 Å². The number of halogens is 2. The lowest BCUT2D eigenvalue weighted by Crippen LogP contribution is -2.20. The first-order valence-electron chi connectivity index (χ1n) is 9.43. The Hall–Kier alpha value is -4.58. The maximum Gasteiger partial charge on any atom is 0.301 e. The third-order valence-corrected chi connectivity index (χ3v) is 4.55. The van der Waals surface area contributed by atoms with Crippen molar-refractivity contribution >= 4 is 46.5 Å². The molecule has 0 aromatic heterocycles. The lowest BCUT2D eigenvalue weighted by atomic mass is 10.2. The van der Waals surface area contributed by atoms with E-state index in [9.17, 15) is 29.4 Å². The zero-order chi connectivity index (χ0) is 24.7. The number of hydrogen-bond acceptors (Lipinski definition) is 8. The highest BCUT2D eigenvalue weighted by Crippen LogP contribution is 2.29. The van der Waals surface area contributed by atoms with Gasteiger partial charge in [-0.3, -0.25) is 30.4 Å². The van der Waals surface area contributed by atoms with Crippen molar-refractivity contribution in [3.8, 4) is 5.75 Å². The van der Waals surface area contributed by atoms with Crippen LogP contribution in [0.2, 0.25) is 5.02 Å². The van der Waals surface area contributed by atoms with Gasteiger partial charge in [0.1, 0.15) is 17.3 Å². The fraction of sp³-hybridized carbons (Fsp3) is 0.0476. The maximum atomic E-state index is 13.6. The number of benzene rings is 3. The van der Waals surface area contributed by atoms with Crippen LogP contribution in [0.3, 0.4) is 0 Å². The Kier molecular flexibility index (Phi) is 7.67. The van der Waals surface area contributed by atoms with E-state index in [2.05, 4.69) is 15.8 Å². The van der Waals surface area contributed by atoms with Gasteiger partial charge in [-0.05, 0) is 42.0 Å². The SMILES string of the molecule is O=C(COc1ccc(/C=N\Nc2ccc([N+](=O)[O-])cc2[N+](=O)[O-])cc1Cl)Nc1ccccc1F. The number of para-hydroxylation sites is 1. The van der Waals surface area contributed by atoms with E-state index in [0.29, 0.717) is 5.56 Å². The van der Waals surface area contributed by atoms with Crippen molar-refractivity contribution in [3.63, 3.8) is 0 Å². The molecular formula is C21H15ClFN5O6. The first kappa shape index (κ1) is 24.1. The fourth-order valence-electron chi connectivity index (χ4n) is 2.66. The largest absolute Gasteiger partial charge is 0.482 e. The Morgan fingerprint density at radius 3 is 2.50 bits per heavy atom. The second-order valence-corrected chi connectivity index (χ2v) is 7.00. The molecule has 0 aliphatic rings. The normalized spacial score (nSPS) is 10.6. The molecule has 0 saturated heterocycles. The molecule has 0 aliphatic heterocycles. The molecule has 0 radical (unpaired) electrons. The third kappa shape index (κ3) is 6.23. The Labute approximate surface area is 196 Å². The molecule has 3 aromatic carbocycles. The van der Waals surface area contributed by atoms with E-state index < -0.39 is 39.6 Å². The Bertz CT molecular complexity index is 1290. The highest BCUT2D eigenvalue weighted by molar-refractivity contribution is 6.32. The zero-order valence-corrected chi connectivity index (χ0v) is 17.9. The number of nitro groups is 2. The molecule has 2 N–H and O–H groups in total. The minimum absolute atomic E-state index is 0.0227. The van der Waals surface area contributed by atoms with Crippen molar-refractivity contribution < 1.29 is 23.8 Å². The molecule has 13 heteroatoms. The number of carbonyl (C=O) groups excluding carboxylic acids is 1. The first-order chi connectivity index (χ1) is 16.2. The molecule has 174 valence electrons. The van der Waals surface area contributed by atoms with Crippen LogP contribution < -0.4 is 15.5 Å². The molecule has 0 aliphatic carbocycles. The van der Waals surface area contributed by atoms with Crippen LogP contribution in [0.1, 0.15) is 5.56 Å². The Morgan fingerprint density at radius 2 is 1.82 bits per heavy atom.